The van der Waals surface area contributed by atoms with Crippen molar-refractivity contribution in [3.63, 3.8) is 0 Å². The van der Waals surface area contributed by atoms with Crippen LogP contribution in [0, 0.1) is 17.8 Å². The largest absolute Gasteiger partial charge is 0.481 e. The molecule has 1 saturated carbocycles. The molecule has 20 heavy (non-hydrogen) atoms. The molecule has 114 valence electrons. The van der Waals surface area contributed by atoms with Crippen molar-refractivity contribution in [2.75, 3.05) is 19.6 Å². The van der Waals surface area contributed by atoms with Gasteiger partial charge in [0.1, 0.15) is 0 Å². The number of hydrogen-bond donors (Lipinski definition) is 2. The van der Waals surface area contributed by atoms with E-state index in [-0.39, 0.29) is 17.9 Å². The zero-order valence-corrected chi connectivity index (χ0v) is 12.5. The number of nitrogens with zero attached hydrogens (tertiary/aromatic N) is 1. The first kappa shape index (κ1) is 15.3. The first-order chi connectivity index (χ1) is 9.47. The quantitative estimate of drug-likeness (QED) is 0.798. The van der Waals surface area contributed by atoms with E-state index < -0.39 is 11.9 Å². The fourth-order valence-electron chi connectivity index (χ4n) is 3.60. The van der Waals surface area contributed by atoms with Crippen LogP contribution >= 0.6 is 0 Å². The number of hydrogen-bond acceptors (Lipinski definition) is 3. The molecule has 4 atom stereocenters. The van der Waals surface area contributed by atoms with Crippen LogP contribution in [0.25, 0.3) is 0 Å². The number of amides is 1. The van der Waals surface area contributed by atoms with Gasteiger partial charge in [0.2, 0.25) is 5.91 Å². The van der Waals surface area contributed by atoms with Crippen molar-refractivity contribution in [1.29, 1.82) is 0 Å². The van der Waals surface area contributed by atoms with Gasteiger partial charge < -0.3 is 15.3 Å². The molecule has 2 rings (SSSR count). The lowest BCUT2D eigenvalue weighted by Crippen LogP contribution is -2.44. The second kappa shape index (κ2) is 6.57. The Morgan fingerprint density at radius 1 is 1.25 bits per heavy atom. The molecule has 2 N–H and O–H groups in total. The van der Waals surface area contributed by atoms with E-state index in [0.29, 0.717) is 18.8 Å². The van der Waals surface area contributed by atoms with Gasteiger partial charge in [-0.2, -0.15) is 0 Å². The van der Waals surface area contributed by atoms with Gasteiger partial charge in [-0.3, -0.25) is 9.59 Å². The van der Waals surface area contributed by atoms with Crippen molar-refractivity contribution >= 4 is 11.9 Å². The highest BCUT2D eigenvalue weighted by atomic mass is 16.4. The Morgan fingerprint density at radius 3 is 2.45 bits per heavy atom. The van der Waals surface area contributed by atoms with Crippen molar-refractivity contribution in [3.8, 4) is 0 Å². The first-order valence-corrected chi connectivity index (χ1v) is 7.73. The van der Waals surface area contributed by atoms with Crippen LogP contribution in [-0.4, -0.2) is 47.6 Å². The van der Waals surface area contributed by atoms with Crippen LogP contribution in [0.5, 0.6) is 0 Å². The van der Waals surface area contributed by atoms with E-state index in [9.17, 15) is 14.7 Å². The third-order valence-electron chi connectivity index (χ3n) is 4.57. The van der Waals surface area contributed by atoms with Gasteiger partial charge in [0.05, 0.1) is 11.8 Å². The predicted molar refractivity (Wildman–Crippen MR) is 76.3 cm³/mol. The fourth-order valence-corrected chi connectivity index (χ4v) is 3.60. The molecule has 2 fully saturated rings. The summed E-state index contributed by atoms with van der Waals surface area (Å²) in [5.41, 5.74) is 0. The lowest BCUT2D eigenvalue weighted by molar-refractivity contribution is -0.146. The molecule has 5 nitrogen and oxygen atoms in total. The van der Waals surface area contributed by atoms with Crippen molar-refractivity contribution in [3.05, 3.63) is 0 Å². The molecule has 1 amide bonds. The summed E-state index contributed by atoms with van der Waals surface area (Å²) in [5.74, 6) is -1.46. The van der Waals surface area contributed by atoms with Gasteiger partial charge in [-0.1, -0.05) is 6.92 Å². The van der Waals surface area contributed by atoms with E-state index in [0.717, 1.165) is 19.6 Å². The highest BCUT2D eigenvalue weighted by Gasteiger charge is 2.41. The van der Waals surface area contributed by atoms with Crippen molar-refractivity contribution in [2.45, 2.75) is 45.6 Å². The van der Waals surface area contributed by atoms with E-state index in [1.165, 1.54) is 12.8 Å². The fraction of sp³-hybridized carbons (Fsp3) is 0.867. The van der Waals surface area contributed by atoms with Crippen LogP contribution in [0.15, 0.2) is 0 Å². The van der Waals surface area contributed by atoms with Crippen LogP contribution in [0.2, 0.25) is 0 Å². The van der Waals surface area contributed by atoms with Gasteiger partial charge in [0.25, 0.3) is 0 Å². The molecule has 0 aromatic heterocycles. The van der Waals surface area contributed by atoms with Crippen LogP contribution in [-0.2, 0) is 9.59 Å². The van der Waals surface area contributed by atoms with Gasteiger partial charge in [-0.25, -0.2) is 0 Å². The maximum Gasteiger partial charge on any atom is 0.307 e. The summed E-state index contributed by atoms with van der Waals surface area (Å²) in [5, 5.41) is 12.2. The lowest BCUT2D eigenvalue weighted by atomic mass is 9.95. The second-order valence-electron chi connectivity index (χ2n) is 6.55. The third kappa shape index (κ3) is 3.72. The number of likely N-dealkylation sites (tertiary alicyclic amines) is 1. The Morgan fingerprint density at radius 2 is 1.85 bits per heavy atom. The molecule has 0 aromatic carbocycles. The van der Waals surface area contributed by atoms with Gasteiger partial charge in [-0.05, 0) is 51.6 Å². The molecule has 1 saturated heterocycles. The topological polar surface area (TPSA) is 69.6 Å². The Kier molecular flexibility index (Phi) is 5.02. The van der Waals surface area contributed by atoms with Crippen LogP contribution < -0.4 is 5.32 Å². The lowest BCUT2D eigenvalue weighted by Gasteiger charge is -2.23. The summed E-state index contributed by atoms with van der Waals surface area (Å²) >= 11 is 0. The monoisotopic (exact) mass is 282 g/mol. The van der Waals surface area contributed by atoms with E-state index in [4.69, 9.17) is 0 Å². The van der Waals surface area contributed by atoms with Crippen molar-refractivity contribution < 1.29 is 14.7 Å². The maximum atomic E-state index is 12.3. The number of carboxylic acids is 1. The summed E-state index contributed by atoms with van der Waals surface area (Å²) in [4.78, 5) is 25.9. The van der Waals surface area contributed by atoms with Gasteiger partial charge in [-0.15, -0.1) is 0 Å². The summed E-state index contributed by atoms with van der Waals surface area (Å²) in [6.45, 7) is 7.11. The van der Waals surface area contributed by atoms with Crippen LogP contribution in [0.3, 0.4) is 0 Å². The molecule has 2 unspecified atom stereocenters. The van der Waals surface area contributed by atoms with Crippen LogP contribution in [0.1, 0.15) is 39.5 Å². The summed E-state index contributed by atoms with van der Waals surface area (Å²) < 4.78 is 0. The second-order valence-corrected chi connectivity index (χ2v) is 6.55. The van der Waals surface area contributed by atoms with Gasteiger partial charge in [0.15, 0.2) is 0 Å². The van der Waals surface area contributed by atoms with Crippen molar-refractivity contribution in [2.24, 2.45) is 17.8 Å². The average molecular weight is 282 g/mol. The number of carbonyl (C=O) groups is 2. The van der Waals surface area contributed by atoms with E-state index in [2.05, 4.69) is 10.2 Å². The first-order valence-electron chi connectivity index (χ1n) is 7.73. The minimum absolute atomic E-state index is 0.0755. The molecule has 0 aromatic rings. The third-order valence-corrected chi connectivity index (χ3v) is 4.57. The minimum atomic E-state index is -0.832. The summed E-state index contributed by atoms with van der Waals surface area (Å²) in [7, 11) is 0. The number of nitrogens with one attached hydrogen (secondary N) is 1. The Labute approximate surface area is 120 Å². The summed E-state index contributed by atoms with van der Waals surface area (Å²) in [6, 6.07) is 0.0888. The van der Waals surface area contributed by atoms with Gasteiger partial charge >= 0.3 is 5.97 Å². The molecule has 5 heteroatoms. The zero-order chi connectivity index (χ0) is 14.7. The van der Waals surface area contributed by atoms with E-state index >= 15 is 0 Å². The summed E-state index contributed by atoms with van der Waals surface area (Å²) in [6.07, 6.45) is 3.79. The molecule has 0 radical (unpaired) electrons. The highest BCUT2D eigenvalue weighted by molar-refractivity contribution is 5.85. The van der Waals surface area contributed by atoms with Crippen LogP contribution in [0.4, 0.5) is 0 Å². The Hall–Kier alpha value is -1.10. The average Bonchev–Trinajstić information content (AvgIpc) is 2.97. The SMILES string of the molecule is CC1C[C@H](C(=O)NC(C)CN2CCCC2)[C@H](C(=O)O)C1. The van der Waals surface area contributed by atoms with Gasteiger partial charge in [0, 0.05) is 12.6 Å². The highest BCUT2D eigenvalue weighted by Crippen LogP contribution is 2.36. The zero-order valence-electron chi connectivity index (χ0n) is 12.5. The molecule has 0 bridgehead atoms. The molecule has 1 heterocycles. The van der Waals surface area contributed by atoms with E-state index in [1.807, 2.05) is 13.8 Å². The minimum Gasteiger partial charge on any atom is -0.481 e. The molecule has 0 spiro atoms. The number of carboxylic acid groups (broad SMARTS) is 1. The maximum absolute atomic E-state index is 12.3. The van der Waals surface area contributed by atoms with E-state index in [1.54, 1.807) is 0 Å². The molecule has 1 aliphatic carbocycles. The normalized spacial score (nSPS) is 32.2. The Balaban J connectivity index is 1.85. The molecule has 1 aliphatic heterocycles. The predicted octanol–water partition coefficient (Wildman–Crippen LogP) is 1.33. The number of aliphatic carboxylic acids is 1. The molecule has 2 aliphatic rings. The van der Waals surface area contributed by atoms with Crippen molar-refractivity contribution in [1.82, 2.24) is 10.2 Å². The smallest absolute Gasteiger partial charge is 0.307 e. The number of carbonyl (C=O) groups excluding carboxylic acids is 1. The number of rotatable bonds is 5. The Bertz CT molecular complexity index is 366. The molecular weight excluding hydrogens is 256 g/mol. The molecular formula is C15H26N2O3. The standard InChI is InChI=1S/C15H26N2O3/c1-10-7-12(13(8-10)15(19)20)14(18)16-11(2)9-17-5-3-4-6-17/h10-13H,3-9H2,1-2H3,(H,16,18)(H,19,20)/t10?,11?,12-,13+/m0/s1.